The molecule has 1 fully saturated rings. The molecular weight excluding hydrogens is 298 g/mol. The quantitative estimate of drug-likeness (QED) is 0.758. The van der Waals surface area contributed by atoms with Crippen LogP contribution in [0.25, 0.3) is 16.9 Å². The Labute approximate surface area is 142 Å². The van der Waals surface area contributed by atoms with Crippen molar-refractivity contribution in [2.45, 2.75) is 19.4 Å². The maximum Gasteiger partial charge on any atom is 0.137 e. The van der Waals surface area contributed by atoms with Gasteiger partial charge in [-0.25, -0.2) is 4.98 Å². The van der Waals surface area contributed by atoms with Gasteiger partial charge >= 0.3 is 0 Å². The monoisotopic (exact) mass is 321 g/mol. The first kappa shape index (κ1) is 15.4. The molecule has 0 amide bonds. The molecule has 24 heavy (non-hydrogen) atoms. The predicted octanol–water partition coefficient (Wildman–Crippen LogP) is 3.21. The van der Waals surface area contributed by atoms with E-state index in [1.165, 1.54) is 5.69 Å². The highest BCUT2D eigenvalue weighted by Crippen LogP contribution is 2.45. The third-order valence-corrected chi connectivity index (χ3v) is 4.99. The molecule has 4 nitrogen and oxygen atoms in total. The minimum atomic E-state index is 0.127. The normalized spacial score (nSPS) is 16.0. The van der Waals surface area contributed by atoms with Crippen molar-refractivity contribution in [1.29, 1.82) is 0 Å². The van der Waals surface area contributed by atoms with Gasteiger partial charge in [0, 0.05) is 36.9 Å². The Kier molecular flexibility index (Phi) is 3.87. The van der Waals surface area contributed by atoms with Gasteiger partial charge in [-0.2, -0.15) is 0 Å². The number of aliphatic hydroxyl groups excluding tert-OH is 1. The van der Waals surface area contributed by atoms with Gasteiger partial charge in [0.05, 0.1) is 11.4 Å². The molecule has 4 rings (SSSR count). The molecule has 1 saturated carbocycles. The number of aromatic nitrogens is 2. The van der Waals surface area contributed by atoms with Crippen molar-refractivity contribution in [2.75, 3.05) is 20.2 Å². The fourth-order valence-electron chi connectivity index (χ4n) is 3.45. The zero-order valence-electron chi connectivity index (χ0n) is 14.0. The molecule has 0 aliphatic heterocycles. The predicted molar refractivity (Wildman–Crippen MR) is 95.7 cm³/mol. The van der Waals surface area contributed by atoms with E-state index in [4.69, 9.17) is 4.98 Å². The second-order valence-corrected chi connectivity index (χ2v) is 7.03. The van der Waals surface area contributed by atoms with E-state index in [-0.39, 0.29) is 12.0 Å². The highest BCUT2D eigenvalue weighted by molar-refractivity contribution is 5.66. The lowest BCUT2D eigenvalue weighted by Gasteiger charge is -2.22. The van der Waals surface area contributed by atoms with E-state index < -0.39 is 0 Å². The first-order chi connectivity index (χ1) is 11.7. The van der Waals surface area contributed by atoms with E-state index >= 15 is 0 Å². The van der Waals surface area contributed by atoms with Crippen molar-refractivity contribution in [3.63, 3.8) is 0 Å². The fraction of sp³-hybridized carbons (Fsp3) is 0.350. The third kappa shape index (κ3) is 2.83. The number of imidazole rings is 1. The topological polar surface area (TPSA) is 40.8 Å². The second kappa shape index (κ2) is 6.04. The minimum absolute atomic E-state index is 0.127. The van der Waals surface area contributed by atoms with Crippen molar-refractivity contribution in [2.24, 2.45) is 5.41 Å². The van der Waals surface area contributed by atoms with Gasteiger partial charge in [0.15, 0.2) is 0 Å². The molecule has 4 heteroatoms. The largest absolute Gasteiger partial charge is 0.396 e. The lowest BCUT2D eigenvalue weighted by atomic mass is 10.1. The lowest BCUT2D eigenvalue weighted by Crippen LogP contribution is -2.29. The molecule has 0 unspecified atom stereocenters. The van der Waals surface area contributed by atoms with Crippen LogP contribution in [-0.2, 0) is 6.54 Å². The molecule has 1 N–H and O–H groups in total. The highest BCUT2D eigenvalue weighted by atomic mass is 16.3. The van der Waals surface area contributed by atoms with E-state index in [9.17, 15) is 5.11 Å². The molecule has 0 spiro atoms. The average Bonchev–Trinajstić information content (AvgIpc) is 3.30. The fourth-order valence-corrected chi connectivity index (χ4v) is 3.45. The minimum Gasteiger partial charge on any atom is -0.396 e. The maximum absolute atomic E-state index is 9.59. The van der Waals surface area contributed by atoms with Gasteiger partial charge in [-0.3, -0.25) is 4.90 Å². The number of fused-ring (bicyclic) bond motifs is 1. The number of aliphatic hydroxyl groups is 1. The van der Waals surface area contributed by atoms with Crippen molar-refractivity contribution in [1.82, 2.24) is 14.3 Å². The summed E-state index contributed by atoms with van der Waals surface area (Å²) in [6, 6.07) is 16.5. The third-order valence-electron chi connectivity index (χ3n) is 4.99. The van der Waals surface area contributed by atoms with Gasteiger partial charge in [-0.1, -0.05) is 36.4 Å². The number of pyridine rings is 1. The SMILES string of the molecule is CN(Cc1c(-c2ccccc2)nc2ccccn12)CC1(CO)CC1. The zero-order chi connectivity index (χ0) is 16.6. The van der Waals surface area contributed by atoms with Crippen LogP contribution in [0, 0.1) is 5.41 Å². The standard InChI is InChI=1S/C20H23N3O/c1-22(14-20(15-24)10-11-20)13-17-19(16-7-3-2-4-8-16)21-18-9-5-6-12-23(17)18/h2-9,12,24H,10-11,13-15H2,1H3. The maximum atomic E-state index is 9.59. The summed E-state index contributed by atoms with van der Waals surface area (Å²) in [4.78, 5) is 7.17. The van der Waals surface area contributed by atoms with E-state index in [0.717, 1.165) is 42.8 Å². The van der Waals surface area contributed by atoms with Crippen LogP contribution in [-0.4, -0.2) is 39.6 Å². The van der Waals surface area contributed by atoms with Crippen molar-refractivity contribution < 1.29 is 5.11 Å². The molecule has 2 aromatic heterocycles. The van der Waals surface area contributed by atoms with Crippen LogP contribution in [0.3, 0.4) is 0 Å². The van der Waals surface area contributed by atoms with E-state index in [2.05, 4.69) is 46.8 Å². The summed E-state index contributed by atoms with van der Waals surface area (Å²) >= 11 is 0. The molecule has 1 aliphatic carbocycles. The highest BCUT2D eigenvalue weighted by Gasteiger charge is 2.42. The van der Waals surface area contributed by atoms with Crippen LogP contribution >= 0.6 is 0 Å². The Morgan fingerprint density at radius 2 is 1.88 bits per heavy atom. The summed E-state index contributed by atoms with van der Waals surface area (Å²) < 4.78 is 2.18. The number of hydrogen-bond acceptors (Lipinski definition) is 3. The molecule has 1 aliphatic rings. The average molecular weight is 321 g/mol. The molecule has 3 aromatic rings. The number of rotatable bonds is 6. The van der Waals surface area contributed by atoms with Crippen molar-refractivity contribution >= 4 is 5.65 Å². The first-order valence-electron chi connectivity index (χ1n) is 8.52. The van der Waals surface area contributed by atoms with E-state index in [1.54, 1.807) is 0 Å². The van der Waals surface area contributed by atoms with Crippen LogP contribution in [0.1, 0.15) is 18.5 Å². The Morgan fingerprint density at radius 1 is 1.12 bits per heavy atom. The molecule has 2 heterocycles. The van der Waals surface area contributed by atoms with Gasteiger partial charge < -0.3 is 9.51 Å². The summed E-state index contributed by atoms with van der Waals surface area (Å²) in [6.07, 6.45) is 4.34. The summed E-state index contributed by atoms with van der Waals surface area (Å²) in [6.45, 7) is 2.03. The molecule has 0 bridgehead atoms. The molecule has 124 valence electrons. The molecule has 0 atom stereocenters. The van der Waals surface area contributed by atoms with Gasteiger partial charge in [0.2, 0.25) is 0 Å². The smallest absolute Gasteiger partial charge is 0.137 e. The summed E-state index contributed by atoms with van der Waals surface area (Å²) in [5.74, 6) is 0. The molecular formula is C20H23N3O. The van der Waals surface area contributed by atoms with Crippen molar-refractivity contribution in [3.8, 4) is 11.3 Å². The Bertz CT molecular complexity index is 836. The number of benzene rings is 1. The van der Waals surface area contributed by atoms with Gasteiger partial charge in [0.25, 0.3) is 0 Å². The summed E-state index contributed by atoms with van der Waals surface area (Å²) in [5.41, 5.74) is 4.49. The second-order valence-electron chi connectivity index (χ2n) is 7.03. The Morgan fingerprint density at radius 3 is 2.58 bits per heavy atom. The van der Waals surface area contributed by atoms with Crippen LogP contribution in [0.4, 0.5) is 0 Å². The van der Waals surface area contributed by atoms with Crippen LogP contribution in [0.15, 0.2) is 54.7 Å². The van der Waals surface area contributed by atoms with Gasteiger partial charge in [-0.05, 0) is 32.0 Å². The van der Waals surface area contributed by atoms with Crippen LogP contribution in [0.5, 0.6) is 0 Å². The molecule has 0 saturated heterocycles. The van der Waals surface area contributed by atoms with Crippen LogP contribution in [0.2, 0.25) is 0 Å². The Balaban J connectivity index is 1.70. The van der Waals surface area contributed by atoms with Crippen molar-refractivity contribution in [3.05, 3.63) is 60.4 Å². The van der Waals surface area contributed by atoms with E-state index in [1.807, 2.05) is 24.3 Å². The zero-order valence-corrected chi connectivity index (χ0v) is 14.0. The summed E-state index contributed by atoms with van der Waals surface area (Å²) in [5, 5.41) is 9.59. The number of hydrogen-bond donors (Lipinski definition) is 1. The van der Waals surface area contributed by atoms with Gasteiger partial charge in [0.1, 0.15) is 5.65 Å². The molecule has 1 aromatic carbocycles. The van der Waals surface area contributed by atoms with Gasteiger partial charge in [-0.15, -0.1) is 0 Å². The first-order valence-corrected chi connectivity index (χ1v) is 8.52. The van der Waals surface area contributed by atoms with Crippen LogP contribution < -0.4 is 0 Å². The number of nitrogens with zero attached hydrogens (tertiary/aromatic N) is 3. The Hall–Kier alpha value is -2.17. The van der Waals surface area contributed by atoms with E-state index in [0.29, 0.717) is 0 Å². The molecule has 0 radical (unpaired) electrons. The summed E-state index contributed by atoms with van der Waals surface area (Å²) in [7, 11) is 2.13. The lowest BCUT2D eigenvalue weighted by molar-refractivity contribution is 0.160.